The van der Waals surface area contributed by atoms with Gasteiger partial charge in [0.05, 0.1) is 42.9 Å². The molecule has 0 spiro atoms. The van der Waals surface area contributed by atoms with Crippen LogP contribution in [0.15, 0.2) is 205 Å². The Bertz CT molecular complexity index is 3170. The van der Waals surface area contributed by atoms with Gasteiger partial charge in [0, 0.05) is 87.5 Å². The van der Waals surface area contributed by atoms with Crippen molar-refractivity contribution in [2.45, 2.75) is 16.7 Å². The van der Waals surface area contributed by atoms with Crippen molar-refractivity contribution in [3.05, 3.63) is 195 Å². The molecule has 0 unspecified atom stereocenters. The molecular weight excluding hydrogens is 947 g/mol. The molecule has 0 saturated heterocycles. The maximum atomic E-state index is 10.4. The van der Waals surface area contributed by atoms with E-state index in [2.05, 4.69) is 103 Å². The number of anilines is 2. The molecule has 5 aromatic carbocycles. The topological polar surface area (TPSA) is 264 Å². The Hall–Kier alpha value is -7.57. The minimum Gasteiger partial charge on any atom is -0.744 e. The molecule has 5 N–H and O–H groups in total. The third-order valence-electron chi connectivity index (χ3n) is 9.41. The van der Waals surface area contributed by atoms with Gasteiger partial charge >= 0.3 is 16.5 Å². The van der Waals surface area contributed by atoms with Crippen LogP contribution in [-0.2, 0) is 36.7 Å². The monoisotopic (exact) mass is 988 g/mol. The van der Waals surface area contributed by atoms with E-state index in [4.69, 9.17) is 16.6 Å². The summed E-state index contributed by atoms with van der Waals surface area (Å²) in [6, 6.07) is 47.5. The van der Waals surface area contributed by atoms with E-state index in [1.54, 1.807) is 56.2 Å². The first-order chi connectivity index (χ1) is 32.3. The summed E-state index contributed by atoms with van der Waals surface area (Å²) in [4.78, 5) is 25.4. The number of para-hydroxylation sites is 2. The molecule has 6 heterocycles. The van der Waals surface area contributed by atoms with Gasteiger partial charge in [-0.15, -0.1) is 0 Å². The van der Waals surface area contributed by atoms with Gasteiger partial charge in [0.15, 0.2) is 0 Å². The Morgan fingerprint density at radius 2 is 0.574 bits per heavy atom. The van der Waals surface area contributed by atoms with Crippen LogP contribution in [0.1, 0.15) is 6.92 Å². The van der Waals surface area contributed by atoms with Gasteiger partial charge < -0.3 is 25.7 Å². The third kappa shape index (κ3) is 13.5. The summed E-state index contributed by atoms with van der Waals surface area (Å²) in [6.07, 6.45) is 10.8. The van der Waals surface area contributed by atoms with Gasteiger partial charge in [-0.05, 0) is 67.6 Å². The van der Waals surface area contributed by atoms with E-state index >= 15 is 0 Å². The summed E-state index contributed by atoms with van der Waals surface area (Å²) in [5, 5.41) is 14.4. The predicted molar refractivity (Wildman–Crippen MR) is 262 cm³/mol. The van der Waals surface area contributed by atoms with Crippen LogP contribution in [0, 0.1) is 0 Å². The fourth-order valence-electron chi connectivity index (χ4n) is 6.46. The van der Waals surface area contributed by atoms with Crippen LogP contribution < -0.4 is 11.5 Å². The third-order valence-corrected chi connectivity index (χ3v) is 11.2. The summed E-state index contributed by atoms with van der Waals surface area (Å²) < 4.78 is 62.5. The van der Waals surface area contributed by atoms with Crippen LogP contribution in [0.3, 0.4) is 0 Å². The number of nitrogens with zero attached hydrogens (tertiary/aromatic N) is 6. The van der Waals surface area contributed by atoms with Gasteiger partial charge in [-0.25, -0.2) is 16.8 Å². The van der Waals surface area contributed by atoms with Gasteiger partial charge in [0.2, 0.25) is 0 Å². The quantitative estimate of drug-likeness (QED) is 0.0633. The summed E-state index contributed by atoms with van der Waals surface area (Å²) in [6.45, 7) is 1.93. The van der Waals surface area contributed by atoms with Crippen LogP contribution in [-0.4, -0.2) is 67.6 Å². The van der Waals surface area contributed by atoms with Crippen molar-refractivity contribution in [3.8, 4) is 0 Å². The molecule has 0 saturated carbocycles. The van der Waals surface area contributed by atoms with Crippen molar-refractivity contribution >= 4 is 97.0 Å². The van der Waals surface area contributed by atoms with E-state index in [0.29, 0.717) is 0 Å². The van der Waals surface area contributed by atoms with Crippen LogP contribution in [0.4, 0.5) is 11.4 Å². The minimum absolute atomic E-state index is 0. The predicted octanol–water partition coefficient (Wildman–Crippen LogP) is 8.69. The molecule has 15 nitrogen and oxygen atoms in total. The summed E-state index contributed by atoms with van der Waals surface area (Å²) >= 11 is 0. The molecular formula is C50H42N8NiO7S2. The van der Waals surface area contributed by atoms with E-state index in [0.717, 1.165) is 65.4 Å². The second-order valence-electron chi connectivity index (χ2n) is 13.9. The van der Waals surface area contributed by atoms with Crippen molar-refractivity contribution in [3.63, 3.8) is 0 Å². The zero-order chi connectivity index (χ0) is 47.8. The molecule has 0 aliphatic carbocycles. The normalized spacial score (nSPS) is 10.6. The average Bonchev–Trinajstić information content (AvgIpc) is 3.34. The number of nitrogens with two attached hydrogens (primary N) is 2. The molecule has 0 bridgehead atoms. The minimum atomic E-state index is -4.41. The van der Waals surface area contributed by atoms with Gasteiger partial charge in [-0.3, -0.25) is 29.9 Å². The first kappa shape index (κ1) is 51.4. The summed E-state index contributed by atoms with van der Waals surface area (Å²) in [5.41, 5.74) is 16.3. The van der Waals surface area contributed by atoms with Gasteiger partial charge in [-0.1, -0.05) is 97.1 Å². The first-order valence-corrected chi connectivity index (χ1v) is 23.1. The van der Waals surface area contributed by atoms with Crippen molar-refractivity contribution in [1.29, 1.82) is 0 Å². The van der Waals surface area contributed by atoms with E-state index < -0.39 is 20.2 Å². The number of nitrogen functional groups attached to an aromatic ring is 2. The second kappa shape index (κ2) is 24.3. The number of pyridine rings is 6. The van der Waals surface area contributed by atoms with Crippen molar-refractivity contribution in [2.75, 3.05) is 18.1 Å². The van der Waals surface area contributed by atoms with Crippen LogP contribution in [0.25, 0.3) is 65.4 Å². The number of aliphatic hydroxyl groups is 1. The molecule has 18 heteroatoms. The van der Waals surface area contributed by atoms with Gasteiger partial charge in [0.1, 0.15) is 20.2 Å². The van der Waals surface area contributed by atoms with Gasteiger partial charge in [0.25, 0.3) is 0 Å². The molecule has 6 aromatic heterocycles. The van der Waals surface area contributed by atoms with E-state index in [1.807, 2.05) is 36.4 Å². The zero-order valence-corrected chi connectivity index (χ0v) is 38.7. The Kier molecular flexibility index (Phi) is 18.4. The number of fused-ring (bicyclic) bond motifs is 9. The molecule has 0 aliphatic heterocycles. The average molecular weight is 990 g/mol. The zero-order valence-electron chi connectivity index (χ0n) is 36.0. The van der Waals surface area contributed by atoms with E-state index in [1.165, 1.54) is 36.4 Å². The first-order valence-electron chi connectivity index (χ1n) is 20.3. The fraction of sp³-hybridized carbons (Fsp3) is 0.0400. The number of aromatic nitrogens is 6. The maximum Gasteiger partial charge on any atom is 2.00 e. The van der Waals surface area contributed by atoms with Gasteiger partial charge in [-0.2, -0.15) is 0 Å². The molecule has 68 heavy (non-hydrogen) atoms. The smallest absolute Gasteiger partial charge is 0.744 e. The van der Waals surface area contributed by atoms with Crippen molar-refractivity contribution in [1.82, 2.24) is 29.9 Å². The second-order valence-corrected chi connectivity index (χ2v) is 16.6. The number of benzene rings is 5. The number of hydrogen-bond donors (Lipinski definition) is 3. The Balaban J connectivity index is 0.000000157. The molecule has 0 amide bonds. The van der Waals surface area contributed by atoms with E-state index in [-0.39, 0.29) is 44.3 Å². The molecule has 0 fully saturated rings. The molecule has 11 rings (SSSR count). The number of hydrogen-bond acceptors (Lipinski definition) is 15. The molecule has 346 valence electrons. The molecule has 0 atom stereocenters. The molecule has 11 aromatic rings. The van der Waals surface area contributed by atoms with Crippen LogP contribution in [0.5, 0.6) is 0 Å². The molecule has 0 aliphatic rings. The van der Waals surface area contributed by atoms with Crippen LogP contribution >= 0.6 is 0 Å². The van der Waals surface area contributed by atoms with Crippen LogP contribution in [0.2, 0.25) is 0 Å². The fourth-order valence-corrected chi connectivity index (χ4v) is 7.66. The molecule has 0 radical (unpaired) electrons. The maximum absolute atomic E-state index is 10.4. The van der Waals surface area contributed by atoms with Crippen molar-refractivity contribution in [2.24, 2.45) is 0 Å². The van der Waals surface area contributed by atoms with Crippen molar-refractivity contribution < 1.29 is 47.5 Å². The standard InChI is InChI=1S/3C12H8N2.2C6H7NO3S.C2H6O.Ni/c3*1-3-9-5-6-10-4-2-8-14-12(10)11(9)13-7-1;2*7-5-3-1-2-4-6(5)11(8,9)10;1-2-3;/h3*1-8H;2*1-4H,7H2,(H,8,9,10);3H,2H2,1H3;/q;;;;;;+2/p-2. The summed E-state index contributed by atoms with van der Waals surface area (Å²) in [5.74, 6) is 0. The number of rotatable bonds is 2. The van der Waals surface area contributed by atoms with E-state index in [9.17, 15) is 25.9 Å². The Morgan fingerprint density at radius 3 is 0.735 bits per heavy atom. The number of aliphatic hydroxyl groups excluding tert-OH is 1. The summed E-state index contributed by atoms with van der Waals surface area (Å²) in [7, 11) is -8.82. The Morgan fingerprint density at radius 1 is 0.382 bits per heavy atom. The Labute approximate surface area is 402 Å². The SMILES string of the molecule is CCO.Nc1ccccc1S(=O)(=O)[O-].Nc1ccccc1S(=O)(=O)[O-].[Ni+2].c1cnc2c(c1)ccc1cccnc12.c1cnc2c(c1)ccc1cccnc12.c1cnc2c(c1)ccc1cccnc12. The largest absolute Gasteiger partial charge is 2.00 e.